The highest BCUT2D eigenvalue weighted by Gasteiger charge is 2.10. The van der Waals surface area contributed by atoms with E-state index in [1.54, 1.807) is 12.1 Å². The van der Waals surface area contributed by atoms with E-state index in [9.17, 15) is 4.79 Å². The molecular weight excluding hydrogens is 392 g/mol. The Labute approximate surface area is 116 Å². The minimum Gasteiger partial charge on any atom is -0.351 e. The molecule has 1 rings (SSSR count). The van der Waals surface area contributed by atoms with Crippen LogP contribution in [-0.4, -0.2) is 17.3 Å². The van der Waals surface area contributed by atoms with E-state index in [0.29, 0.717) is 17.1 Å². The molecular formula is C10H10BrClINO. The molecule has 0 saturated carbocycles. The average Bonchev–Trinajstić information content (AvgIpc) is 2.18. The molecule has 0 spiro atoms. The summed E-state index contributed by atoms with van der Waals surface area (Å²) in [6.45, 7) is 2.57. The van der Waals surface area contributed by atoms with E-state index >= 15 is 0 Å². The first kappa shape index (κ1) is 13.3. The molecule has 0 aliphatic rings. The Morgan fingerprint density at radius 2 is 2.33 bits per heavy atom. The Balaban J connectivity index is 2.77. The number of amides is 1. The predicted octanol–water partition coefficient (Wildman–Crippen LogP) is 3.46. The van der Waals surface area contributed by atoms with Crippen molar-refractivity contribution in [3.63, 3.8) is 0 Å². The molecule has 15 heavy (non-hydrogen) atoms. The normalized spacial score (nSPS) is 12.3. The number of alkyl halides is 1. The van der Waals surface area contributed by atoms with Crippen LogP contribution in [0.15, 0.2) is 18.2 Å². The molecule has 0 fully saturated rings. The molecule has 1 amide bonds. The van der Waals surface area contributed by atoms with Crippen molar-refractivity contribution in [1.82, 2.24) is 5.32 Å². The molecule has 0 aliphatic carbocycles. The van der Waals surface area contributed by atoms with Gasteiger partial charge in [-0.1, -0.05) is 34.5 Å². The van der Waals surface area contributed by atoms with Crippen molar-refractivity contribution < 1.29 is 4.79 Å². The van der Waals surface area contributed by atoms with Gasteiger partial charge in [-0.05, 0) is 40.8 Å². The molecule has 0 bridgehead atoms. The first-order valence-electron chi connectivity index (χ1n) is 4.38. The molecule has 1 aromatic carbocycles. The maximum atomic E-state index is 11.7. The van der Waals surface area contributed by atoms with E-state index in [-0.39, 0.29) is 10.7 Å². The average molecular weight is 402 g/mol. The Kier molecular flexibility index (Phi) is 5.35. The standard InChI is InChI=1S/C10H10BrClINO/c1-6(11)5-14-10(15)8-4-7(12)2-3-9(8)13/h2-4,6H,5H2,1H3,(H,14,15). The third kappa shape index (κ3) is 4.28. The van der Waals surface area contributed by atoms with Crippen LogP contribution in [-0.2, 0) is 0 Å². The van der Waals surface area contributed by atoms with Crippen molar-refractivity contribution in [1.29, 1.82) is 0 Å². The number of hydrogen-bond donors (Lipinski definition) is 1. The van der Waals surface area contributed by atoms with Gasteiger partial charge >= 0.3 is 0 Å². The molecule has 2 nitrogen and oxygen atoms in total. The molecule has 1 atom stereocenters. The van der Waals surface area contributed by atoms with Crippen LogP contribution in [0.1, 0.15) is 17.3 Å². The van der Waals surface area contributed by atoms with Crippen LogP contribution in [0.4, 0.5) is 0 Å². The van der Waals surface area contributed by atoms with Crippen LogP contribution >= 0.6 is 50.1 Å². The minimum absolute atomic E-state index is 0.0896. The summed E-state index contributed by atoms with van der Waals surface area (Å²) in [4.78, 5) is 12.0. The number of carbonyl (C=O) groups is 1. The van der Waals surface area contributed by atoms with Gasteiger partial charge in [0.15, 0.2) is 0 Å². The van der Waals surface area contributed by atoms with Gasteiger partial charge in [0.05, 0.1) is 5.56 Å². The van der Waals surface area contributed by atoms with Gasteiger partial charge in [-0.2, -0.15) is 0 Å². The smallest absolute Gasteiger partial charge is 0.252 e. The molecule has 0 radical (unpaired) electrons. The van der Waals surface area contributed by atoms with Crippen LogP contribution in [0.2, 0.25) is 5.02 Å². The van der Waals surface area contributed by atoms with Gasteiger partial charge < -0.3 is 5.32 Å². The van der Waals surface area contributed by atoms with Crippen molar-refractivity contribution in [2.45, 2.75) is 11.8 Å². The van der Waals surface area contributed by atoms with Crippen LogP contribution in [0.25, 0.3) is 0 Å². The van der Waals surface area contributed by atoms with Crippen LogP contribution in [0.3, 0.4) is 0 Å². The molecule has 0 aliphatic heterocycles. The monoisotopic (exact) mass is 401 g/mol. The van der Waals surface area contributed by atoms with Gasteiger partial charge in [0.2, 0.25) is 0 Å². The molecule has 0 aromatic heterocycles. The fourth-order valence-electron chi connectivity index (χ4n) is 1.00. The Morgan fingerprint density at radius 1 is 1.67 bits per heavy atom. The van der Waals surface area contributed by atoms with E-state index in [1.807, 2.05) is 13.0 Å². The van der Waals surface area contributed by atoms with Crippen molar-refractivity contribution in [3.8, 4) is 0 Å². The lowest BCUT2D eigenvalue weighted by atomic mass is 10.2. The summed E-state index contributed by atoms with van der Waals surface area (Å²) in [5.41, 5.74) is 0.622. The maximum Gasteiger partial charge on any atom is 0.252 e. The lowest BCUT2D eigenvalue weighted by Gasteiger charge is -2.08. The zero-order valence-corrected chi connectivity index (χ0v) is 12.6. The second-order valence-electron chi connectivity index (χ2n) is 3.11. The molecule has 0 saturated heterocycles. The Bertz CT molecular complexity index is 370. The van der Waals surface area contributed by atoms with Crippen molar-refractivity contribution in [2.75, 3.05) is 6.54 Å². The molecule has 1 unspecified atom stereocenters. The van der Waals surface area contributed by atoms with Gasteiger partial charge in [0.1, 0.15) is 0 Å². The zero-order chi connectivity index (χ0) is 11.4. The SMILES string of the molecule is CC(Br)CNC(=O)c1cc(Cl)ccc1I. The maximum absolute atomic E-state index is 11.7. The van der Waals surface area contributed by atoms with E-state index in [0.717, 1.165) is 3.57 Å². The summed E-state index contributed by atoms with van der Waals surface area (Å²) in [5.74, 6) is -0.0896. The summed E-state index contributed by atoms with van der Waals surface area (Å²) >= 11 is 11.3. The van der Waals surface area contributed by atoms with Gasteiger partial charge in [0.25, 0.3) is 5.91 Å². The summed E-state index contributed by atoms with van der Waals surface area (Å²) < 4.78 is 0.900. The summed E-state index contributed by atoms with van der Waals surface area (Å²) in [6.07, 6.45) is 0. The highest BCUT2D eigenvalue weighted by molar-refractivity contribution is 14.1. The fourth-order valence-corrected chi connectivity index (χ4v) is 1.91. The van der Waals surface area contributed by atoms with Crippen molar-refractivity contribution in [2.24, 2.45) is 0 Å². The van der Waals surface area contributed by atoms with Crippen LogP contribution in [0, 0.1) is 3.57 Å². The first-order chi connectivity index (χ1) is 7.00. The molecule has 1 aromatic rings. The quantitative estimate of drug-likeness (QED) is 0.609. The van der Waals surface area contributed by atoms with Crippen molar-refractivity contribution in [3.05, 3.63) is 32.4 Å². The number of carbonyl (C=O) groups excluding carboxylic acids is 1. The third-order valence-corrected chi connectivity index (χ3v) is 3.22. The largest absolute Gasteiger partial charge is 0.351 e. The van der Waals surface area contributed by atoms with Crippen molar-refractivity contribution >= 4 is 56.0 Å². The highest BCUT2D eigenvalue weighted by atomic mass is 127. The lowest BCUT2D eigenvalue weighted by Crippen LogP contribution is -2.28. The number of hydrogen-bond acceptors (Lipinski definition) is 1. The van der Waals surface area contributed by atoms with E-state index < -0.39 is 0 Å². The second kappa shape index (κ2) is 6.06. The molecule has 5 heteroatoms. The Hall–Kier alpha value is 0.190. The topological polar surface area (TPSA) is 29.1 Å². The molecule has 0 heterocycles. The fraction of sp³-hybridized carbons (Fsp3) is 0.300. The van der Waals surface area contributed by atoms with Crippen LogP contribution in [0.5, 0.6) is 0 Å². The third-order valence-electron chi connectivity index (χ3n) is 1.72. The number of halogens is 3. The lowest BCUT2D eigenvalue weighted by molar-refractivity contribution is 0.0953. The predicted molar refractivity (Wildman–Crippen MR) is 74.9 cm³/mol. The number of benzene rings is 1. The number of rotatable bonds is 3. The highest BCUT2D eigenvalue weighted by Crippen LogP contribution is 2.17. The van der Waals surface area contributed by atoms with Gasteiger partial charge in [-0.25, -0.2) is 0 Å². The first-order valence-corrected chi connectivity index (χ1v) is 6.75. The summed E-state index contributed by atoms with van der Waals surface area (Å²) in [6, 6.07) is 5.28. The van der Waals surface area contributed by atoms with E-state index in [2.05, 4.69) is 43.8 Å². The van der Waals surface area contributed by atoms with E-state index in [1.165, 1.54) is 0 Å². The minimum atomic E-state index is -0.0896. The summed E-state index contributed by atoms with van der Waals surface area (Å²) in [7, 11) is 0. The van der Waals surface area contributed by atoms with Gasteiger partial charge in [-0.3, -0.25) is 4.79 Å². The van der Waals surface area contributed by atoms with Gasteiger partial charge in [0, 0.05) is 20.0 Å². The van der Waals surface area contributed by atoms with Gasteiger partial charge in [-0.15, -0.1) is 0 Å². The van der Waals surface area contributed by atoms with E-state index in [4.69, 9.17) is 11.6 Å². The summed E-state index contributed by atoms with van der Waals surface area (Å²) in [5, 5.41) is 3.39. The number of nitrogens with one attached hydrogen (secondary N) is 1. The Morgan fingerprint density at radius 3 is 2.93 bits per heavy atom. The molecule has 82 valence electrons. The molecule has 1 N–H and O–H groups in total. The van der Waals surface area contributed by atoms with Crippen LogP contribution < -0.4 is 5.32 Å². The zero-order valence-electron chi connectivity index (χ0n) is 8.06. The second-order valence-corrected chi connectivity index (χ2v) is 6.28.